The van der Waals surface area contributed by atoms with E-state index in [0.717, 1.165) is 30.6 Å². The van der Waals surface area contributed by atoms with Gasteiger partial charge in [0, 0.05) is 25.2 Å². The molecule has 0 bridgehead atoms. The standard InChI is InChI=1S/C22H23N5O6S/c1-13-18-21(23-12-26(22(18)30)11-17(28)25-8-4-3-5-9-25)34-19(13)20(29)24-15-10-14(27(31)32)6-7-16(15)33-2/h6-7,10,12H,3-5,8-9,11H2,1-2H3,(H,24,29). The molecule has 12 heteroatoms. The van der Waals surface area contributed by atoms with Crippen LogP contribution in [0.25, 0.3) is 10.2 Å². The summed E-state index contributed by atoms with van der Waals surface area (Å²) in [4.78, 5) is 55.9. The lowest BCUT2D eigenvalue weighted by Crippen LogP contribution is -2.39. The Morgan fingerprint density at radius 2 is 2.00 bits per heavy atom. The number of nitrogens with zero attached hydrogens (tertiary/aromatic N) is 4. The molecule has 2 amide bonds. The number of benzene rings is 1. The van der Waals surface area contributed by atoms with Gasteiger partial charge in [0.1, 0.15) is 17.1 Å². The van der Waals surface area contributed by atoms with Crippen molar-refractivity contribution in [2.24, 2.45) is 0 Å². The van der Waals surface area contributed by atoms with Gasteiger partial charge in [0.2, 0.25) is 5.91 Å². The van der Waals surface area contributed by atoms with E-state index in [1.54, 1.807) is 11.8 Å². The van der Waals surface area contributed by atoms with Crippen LogP contribution in [0.15, 0.2) is 29.3 Å². The van der Waals surface area contributed by atoms with Crippen LogP contribution in [0.4, 0.5) is 11.4 Å². The molecule has 3 aromatic rings. The Morgan fingerprint density at radius 1 is 1.26 bits per heavy atom. The summed E-state index contributed by atoms with van der Waals surface area (Å²) in [6.07, 6.45) is 4.33. The Morgan fingerprint density at radius 3 is 2.68 bits per heavy atom. The summed E-state index contributed by atoms with van der Waals surface area (Å²) >= 11 is 1.04. The number of non-ortho nitro benzene ring substituents is 1. The van der Waals surface area contributed by atoms with Gasteiger partial charge < -0.3 is 15.0 Å². The molecular weight excluding hydrogens is 462 g/mol. The molecule has 0 atom stereocenters. The molecule has 1 fully saturated rings. The highest BCUT2D eigenvalue weighted by Gasteiger charge is 2.23. The van der Waals surface area contributed by atoms with Crippen molar-refractivity contribution in [2.75, 3.05) is 25.5 Å². The van der Waals surface area contributed by atoms with Gasteiger partial charge in [-0.2, -0.15) is 0 Å². The fraction of sp³-hybridized carbons (Fsp3) is 0.364. The van der Waals surface area contributed by atoms with Crippen molar-refractivity contribution in [3.05, 3.63) is 55.4 Å². The van der Waals surface area contributed by atoms with E-state index in [1.165, 1.54) is 36.2 Å². The second-order valence-electron chi connectivity index (χ2n) is 7.95. The van der Waals surface area contributed by atoms with Gasteiger partial charge >= 0.3 is 0 Å². The number of hydrogen-bond donors (Lipinski definition) is 1. The van der Waals surface area contributed by atoms with E-state index < -0.39 is 16.4 Å². The molecule has 3 heterocycles. The number of fused-ring (bicyclic) bond motifs is 1. The molecule has 178 valence electrons. The second kappa shape index (κ2) is 9.59. The maximum atomic E-state index is 13.1. The minimum Gasteiger partial charge on any atom is -0.495 e. The number of hydrogen-bond acceptors (Lipinski definition) is 8. The Kier molecular flexibility index (Phi) is 6.59. The van der Waals surface area contributed by atoms with Crippen LogP contribution in [-0.2, 0) is 11.3 Å². The summed E-state index contributed by atoms with van der Waals surface area (Å²) in [6, 6.07) is 3.87. The minimum absolute atomic E-state index is 0.108. The molecule has 1 aromatic carbocycles. The number of aryl methyl sites for hydroxylation is 1. The molecule has 4 rings (SSSR count). The van der Waals surface area contributed by atoms with E-state index in [1.807, 2.05) is 0 Å². The number of carbonyl (C=O) groups is 2. The van der Waals surface area contributed by atoms with Crippen molar-refractivity contribution in [2.45, 2.75) is 32.7 Å². The number of rotatable bonds is 6. The fourth-order valence-corrected chi connectivity index (χ4v) is 5.00. The zero-order valence-corrected chi connectivity index (χ0v) is 19.5. The molecule has 0 saturated carbocycles. The summed E-state index contributed by atoms with van der Waals surface area (Å²) < 4.78 is 6.46. The monoisotopic (exact) mass is 485 g/mol. The molecule has 1 N–H and O–H groups in total. The van der Waals surface area contributed by atoms with E-state index in [9.17, 15) is 24.5 Å². The first-order valence-corrected chi connectivity index (χ1v) is 11.5. The Bertz CT molecular complexity index is 1340. The smallest absolute Gasteiger partial charge is 0.271 e. The lowest BCUT2D eigenvalue weighted by atomic mass is 10.1. The summed E-state index contributed by atoms with van der Waals surface area (Å²) in [7, 11) is 1.39. The topological polar surface area (TPSA) is 137 Å². The Labute approximate surface area is 198 Å². The largest absolute Gasteiger partial charge is 0.495 e. The van der Waals surface area contributed by atoms with Gasteiger partial charge in [-0.25, -0.2) is 4.98 Å². The number of anilines is 1. The number of piperidine rings is 1. The number of ether oxygens (including phenoxy) is 1. The van der Waals surface area contributed by atoms with Gasteiger partial charge in [0.05, 0.1) is 34.3 Å². The number of methoxy groups -OCH3 is 1. The van der Waals surface area contributed by atoms with E-state index in [-0.39, 0.29) is 39.8 Å². The number of likely N-dealkylation sites (tertiary alicyclic amines) is 1. The molecule has 34 heavy (non-hydrogen) atoms. The molecule has 11 nitrogen and oxygen atoms in total. The normalized spacial score (nSPS) is 13.6. The number of carbonyl (C=O) groups excluding carboxylic acids is 2. The van der Waals surface area contributed by atoms with E-state index in [4.69, 9.17) is 4.74 Å². The zero-order chi connectivity index (χ0) is 24.4. The molecule has 0 aliphatic carbocycles. The number of amides is 2. The molecule has 0 spiro atoms. The predicted octanol–water partition coefficient (Wildman–Crippen LogP) is 2.95. The third kappa shape index (κ3) is 4.49. The quantitative estimate of drug-likeness (QED) is 0.419. The van der Waals surface area contributed by atoms with Crippen LogP contribution < -0.4 is 15.6 Å². The number of nitro groups is 1. The van der Waals surface area contributed by atoms with Crippen LogP contribution in [0.3, 0.4) is 0 Å². The predicted molar refractivity (Wildman–Crippen MR) is 127 cm³/mol. The summed E-state index contributed by atoms with van der Waals surface area (Å²) in [5.41, 5.74) is -0.0293. The summed E-state index contributed by atoms with van der Waals surface area (Å²) in [5, 5.41) is 14.0. The number of aromatic nitrogens is 2. The summed E-state index contributed by atoms with van der Waals surface area (Å²) in [6.45, 7) is 2.90. The van der Waals surface area contributed by atoms with Gasteiger partial charge in [-0.15, -0.1) is 11.3 Å². The van der Waals surface area contributed by atoms with Crippen LogP contribution in [0.1, 0.15) is 34.5 Å². The van der Waals surface area contributed by atoms with Gasteiger partial charge in [0.25, 0.3) is 17.2 Å². The molecule has 1 saturated heterocycles. The summed E-state index contributed by atoms with van der Waals surface area (Å²) in [5.74, 6) is -0.421. The van der Waals surface area contributed by atoms with Gasteiger partial charge in [-0.3, -0.25) is 29.1 Å². The van der Waals surface area contributed by atoms with Crippen LogP contribution >= 0.6 is 11.3 Å². The van der Waals surface area contributed by atoms with Crippen molar-refractivity contribution in [1.82, 2.24) is 14.5 Å². The van der Waals surface area contributed by atoms with Crippen molar-refractivity contribution in [1.29, 1.82) is 0 Å². The zero-order valence-electron chi connectivity index (χ0n) is 18.7. The maximum Gasteiger partial charge on any atom is 0.271 e. The number of nitro benzene ring substituents is 1. The molecular formula is C22H23N5O6S. The first kappa shape index (κ1) is 23.4. The van der Waals surface area contributed by atoms with E-state index in [0.29, 0.717) is 23.5 Å². The van der Waals surface area contributed by atoms with Crippen molar-refractivity contribution in [3.8, 4) is 5.75 Å². The van der Waals surface area contributed by atoms with Gasteiger partial charge in [-0.05, 0) is 37.8 Å². The maximum absolute atomic E-state index is 13.1. The van der Waals surface area contributed by atoms with E-state index in [2.05, 4.69) is 10.3 Å². The lowest BCUT2D eigenvalue weighted by molar-refractivity contribution is -0.384. The van der Waals surface area contributed by atoms with Gasteiger partial charge in [0.15, 0.2) is 0 Å². The van der Waals surface area contributed by atoms with Crippen LogP contribution in [0.2, 0.25) is 0 Å². The average molecular weight is 486 g/mol. The molecule has 1 aliphatic heterocycles. The number of thiophene rings is 1. The van der Waals surface area contributed by atoms with Crippen molar-refractivity contribution < 1.29 is 19.2 Å². The average Bonchev–Trinajstić information content (AvgIpc) is 3.18. The van der Waals surface area contributed by atoms with Crippen LogP contribution in [0, 0.1) is 17.0 Å². The van der Waals surface area contributed by atoms with Crippen molar-refractivity contribution >= 4 is 44.7 Å². The van der Waals surface area contributed by atoms with Gasteiger partial charge in [-0.1, -0.05) is 0 Å². The molecule has 2 aromatic heterocycles. The Hall–Kier alpha value is -3.80. The van der Waals surface area contributed by atoms with Crippen LogP contribution in [0.5, 0.6) is 5.75 Å². The molecule has 0 unspecified atom stereocenters. The Balaban J connectivity index is 1.62. The minimum atomic E-state index is -0.572. The second-order valence-corrected chi connectivity index (χ2v) is 8.95. The van der Waals surface area contributed by atoms with E-state index >= 15 is 0 Å². The highest BCUT2D eigenvalue weighted by atomic mass is 32.1. The fourth-order valence-electron chi connectivity index (χ4n) is 3.96. The van der Waals surface area contributed by atoms with Crippen molar-refractivity contribution in [3.63, 3.8) is 0 Å². The SMILES string of the molecule is COc1ccc([N+](=O)[O-])cc1NC(=O)c1sc2ncn(CC(=O)N3CCCCC3)c(=O)c2c1C. The first-order valence-electron chi connectivity index (χ1n) is 10.7. The van der Waals surface area contributed by atoms with Crippen LogP contribution in [-0.4, -0.2) is 51.4 Å². The lowest BCUT2D eigenvalue weighted by Gasteiger charge is -2.26. The highest BCUT2D eigenvalue weighted by Crippen LogP contribution is 2.32. The number of nitrogens with one attached hydrogen (secondary N) is 1. The highest BCUT2D eigenvalue weighted by molar-refractivity contribution is 7.20. The first-order chi connectivity index (χ1) is 16.3. The third-order valence-corrected chi connectivity index (χ3v) is 6.98. The molecule has 0 radical (unpaired) electrons. The third-order valence-electron chi connectivity index (χ3n) is 5.78. The molecule has 1 aliphatic rings.